The monoisotopic (exact) mass is 510 g/mol. The van der Waals surface area contributed by atoms with Gasteiger partial charge in [-0.1, -0.05) is 42.5 Å². The second-order valence-electron chi connectivity index (χ2n) is 9.46. The highest BCUT2D eigenvalue weighted by molar-refractivity contribution is 7.37. The summed E-state index contributed by atoms with van der Waals surface area (Å²) in [7, 11) is -2.17. The molecule has 0 aliphatic carbocycles. The first-order valence-electron chi connectivity index (χ1n) is 12.2. The number of nitrogens with two attached hydrogens (primary N) is 1. The molecule has 7 heteroatoms. The second kappa shape index (κ2) is 10.6. The SMILES string of the molecule is Cc1ccc2c(c1)nc(N)c1ncc(CCc3ccc(OCc4ccc(C[P+](=O)O)cc4)cc3C)cc12. The van der Waals surface area contributed by atoms with Crippen LogP contribution in [0, 0.1) is 13.8 Å². The summed E-state index contributed by atoms with van der Waals surface area (Å²) >= 11 is 0. The van der Waals surface area contributed by atoms with E-state index in [0.717, 1.165) is 62.7 Å². The second-order valence-corrected chi connectivity index (χ2v) is 10.5. The maximum absolute atomic E-state index is 11.0. The smallest absolute Gasteiger partial charge is 0.489 e. The number of benzene rings is 3. The molecule has 0 aliphatic rings. The van der Waals surface area contributed by atoms with Crippen molar-refractivity contribution >= 4 is 35.7 Å². The Kier molecular flexibility index (Phi) is 7.13. The van der Waals surface area contributed by atoms with Gasteiger partial charge < -0.3 is 10.5 Å². The van der Waals surface area contributed by atoms with E-state index in [1.807, 2.05) is 36.5 Å². The third kappa shape index (κ3) is 5.77. The Labute approximate surface area is 217 Å². The highest BCUT2D eigenvalue weighted by atomic mass is 31.1. The summed E-state index contributed by atoms with van der Waals surface area (Å²) in [6, 6.07) is 22.2. The number of fused-ring (bicyclic) bond motifs is 3. The Morgan fingerprint density at radius 3 is 2.43 bits per heavy atom. The van der Waals surface area contributed by atoms with Crippen molar-refractivity contribution in [2.75, 3.05) is 5.73 Å². The molecule has 0 saturated heterocycles. The fraction of sp³-hybridized carbons (Fsp3) is 0.200. The number of aromatic nitrogens is 2. The Hall–Kier alpha value is -3.86. The van der Waals surface area contributed by atoms with E-state index in [4.69, 9.17) is 15.4 Å². The molecule has 3 aromatic carbocycles. The molecule has 37 heavy (non-hydrogen) atoms. The van der Waals surface area contributed by atoms with E-state index in [2.05, 4.69) is 60.2 Å². The van der Waals surface area contributed by atoms with Crippen molar-refractivity contribution in [2.24, 2.45) is 0 Å². The standard InChI is InChI=1S/C30H28N3O3P/c1-19-3-12-26-27-15-23(16-32-29(27)30(31)33-28(26)13-19)8-9-24-10-11-25(14-20(24)2)36-17-21-4-6-22(7-5-21)18-37(34)35/h3-7,10-16H,8-9,17-18H2,1-2H3,(H2-,31,33,34,35)/p+1. The van der Waals surface area contributed by atoms with Gasteiger partial charge in [0.05, 0.1) is 5.52 Å². The lowest BCUT2D eigenvalue weighted by Gasteiger charge is -2.12. The number of nitrogens with zero attached hydrogens (tertiary/aromatic N) is 2. The zero-order valence-corrected chi connectivity index (χ0v) is 21.8. The Morgan fingerprint density at radius 2 is 1.68 bits per heavy atom. The Bertz CT molecular complexity index is 1620. The zero-order valence-electron chi connectivity index (χ0n) is 20.9. The lowest BCUT2D eigenvalue weighted by molar-refractivity contribution is 0.306. The van der Waals surface area contributed by atoms with Crippen LogP contribution in [0.4, 0.5) is 5.82 Å². The van der Waals surface area contributed by atoms with Gasteiger partial charge in [-0.25, -0.2) is 4.98 Å². The summed E-state index contributed by atoms with van der Waals surface area (Å²) in [6.07, 6.45) is 3.84. The highest BCUT2D eigenvalue weighted by Crippen LogP contribution is 2.28. The molecular weight excluding hydrogens is 481 g/mol. The van der Waals surface area contributed by atoms with Gasteiger partial charge >= 0.3 is 8.03 Å². The van der Waals surface area contributed by atoms with Crippen LogP contribution in [0.15, 0.2) is 72.9 Å². The lowest BCUT2D eigenvalue weighted by atomic mass is 9.99. The van der Waals surface area contributed by atoms with Crippen molar-refractivity contribution in [1.82, 2.24) is 9.97 Å². The molecular formula is C30H29N3O3P+. The average Bonchev–Trinajstić information content (AvgIpc) is 2.87. The van der Waals surface area contributed by atoms with Gasteiger partial charge in [0, 0.05) is 22.5 Å². The molecule has 6 nitrogen and oxygen atoms in total. The van der Waals surface area contributed by atoms with E-state index in [-0.39, 0.29) is 6.16 Å². The van der Waals surface area contributed by atoms with Gasteiger partial charge in [0.15, 0.2) is 5.82 Å². The van der Waals surface area contributed by atoms with Crippen molar-refractivity contribution in [3.63, 3.8) is 0 Å². The van der Waals surface area contributed by atoms with E-state index < -0.39 is 8.03 Å². The fourth-order valence-corrected chi connectivity index (χ4v) is 5.10. The largest absolute Gasteiger partial charge is 0.510 e. The van der Waals surface area contributed by atoms with E-state index >= 15 is 0 Å². The normalized spacial score (nSPS) is 11.7. The topological polar surface area (TPSA) is 98.3 Å². The van der Waals surface area contributed by atoms with Gasteiger partial charge in [-0.05, 0) is 83.3 Å². The van der Waals surface area contributed by atoms with E-state index in [1.54, 1.807) is 0 Å². The summed E-state index contributed by atoms with van der Waals surface area (Å²) in [5.41, 5.74) is 14.5. The van der Waals surface area contributed by atoms with Crippen molar-refractivity contribution in [1.29, 1.82) is 0 Å². The first-order chi connectivity index (χ1) is 17.9. The average molecular weight is 511 g/mol. The molecule has 2 heterocycles. The minimum atomic E-state index is -2.17. The molecule has 0 amide bonds. The van der Waals surface area contributed by atoms with Crippen molar-refractivity contribution < 1.29 is 14.2 Å². The maximum Gasteiger partial charge on any atom is 0.510 e. The van der Waals surface area contributed by atoms with Crippen molar-refractivity contribution in [2.45, 2.75) is 39.5 Å². The molecule has 3 N–H and O–H groups in total. The van der Waals surface area contributed by atoms with Crippen molar-refractivity contribution in [3.8, 4) is 5.75 Å². The Morgan fingerprint density at radius 1 is 0.892 bits per heavy atom. The number of hydrogen-bond acceptors (Lipinski definition) is 5. The van der Waals surface area contributed by atoms with Crippen LogP contribution in [0.5, 0.6) is 5.75 Å². The molecule has 0 aliphatic heterocycles. The molecule has 1 unspecified atom stereocenters. The van der Waals surface area contributed by atoms with Gasteiger partial charge in [-0.2, -0.15) is 4.89 Å². The predicted octanol–water partition coefficient (Wildman–Crippen LogP) is 6.58. The molecule has 186 valence electrons. The van der Waals surface area contributed by atoms with E-state index in [1.165, 1.54) is 11.1 Å². The Balaban J connectivity index is 1.26. The van der Waals surface area contributed by atoms with Gasteiger partial charge in [-0.3, -0.25) is 4.98 Å². The van der Waals surface area contributed by atoms with Gasteiger partial charge in [0.2, 0.25) is 6.16 Å². The summed E-state index contributed by atoms with van der Waals surface area (Å²) < 4.78 is 17.0. The minimum Gasteiger partial charge on any atom is -0.489 e. The molecule has 5 rings (SSSR count). The first-order valence-corrected chi connectivity index (χ1v) is 13.6. The van der Waals surface area contributed by atoms with Crippen LogP contribution >= 0.6 is 8.03 Å². The number of ether oxygens (including phenoxy) is 1. The van der Waals surface area contributed by atoms with Crippen molar-refractivity contribution in [3.05, 3.63) is 106 Å². The van der Waals surface area contributed by atoms with Crippen LogP contribution in [0.25, 0.3) is 21.8 Å². The first kappa shape index (κ1) is 24.8. The number of anilines is 1. The maximum atomic E-state index is 11.0. The number of hydrogen-bond donors (Lipinski definition) is 2. The number of pyridine rings is 2. The van der Waals surface area contributed by atoms with Crippen LogP contribution in [-0.2, 0) is 30.2 Å². The third-order valence-corrected chi connectivity index (χ3v) is 7.25. The molecule has 0 spiro atoms. The quantitative estimate of drug-likeness (QED) is 0.181. The van der Waals surface area contributed by atoms with Crippen LogP contribution in [0.2, 0.25) is 0 Å². The summed E-state index contributed by atoms with van der Waals surface area (Å²) in [4.78, 5) is 18.2. The highest BCUT2D eigenvalue weighted by Gasteiger charge is 2.12. The number of aryl methyl sites for hydroxylation is 4. The number of nitrogen functional groups attached to an aromatic ring is 1. The lowest BCUT2D eigenvalue weighted by Crippen LogP contribution is -2.00. The van der Waals surface area contributed by atoms with E-state index in [0.29, 0.717) is 12.4 Å². The van der Waals surface area contributed by atoms with Crippen LogP contribution in [0.1, 0.15) is 33.4 Å². The predicted molar refractivity (Wildman–Crippen MR) is 149 cm³/mol. The number of rotatable bonds is 8. The molecule has 0 radical (unpaired) electrons. The summed E-state index contributed by atoms with van der Waals surface area (Å²) in [6.45, 7) is 4.60. The summed E-state index contributed by atoms with van der Waals surface area (Å²) in [5, 5.41) is 2.11. The third-order valence-electron chi connectivity index (χ3n) is 6.61. The molecule has 5 aromatic rings. The fourth-order valence-electron chi connectivity index (χ4n) is 4.58. The minimum absolute atomic E-state index is 0.175. The molecule has 0 fully saturated rings. The molecule has 1 atom stereocenters. The van der Waals surface area contributed by atoms with E-state index in [9.17, 15) is 4.57 Å². The van der Waals surface area contributed by atoms with Crippen LogP contribution in [-0.4, -0.2) is 14.9 Å². The zero-order chi connectivity index (χ0) is 25.9. The van der Waals surface area contributed by atoms with Gasteiger partial charge in [0.25, 0.3) is 0 Å². The van der Waals surface area contributed by atoms with Crippen LogP contribution < -0.4 is 10.5 Å². The van der Waals surface area contributed by atoms with Crippen LogP contribution in [0.3, 0.4) is 0 Å². The molecule has 0 bridgehead atoms. The van der Waals surface area contributed by atoms with Gasteiger partial charge in [0.1, 0.15) is 17.9 Å². The summed E-state index contributed by atoms with van der Waals surface area (Å²) in [5.74, 6) is 1.28. The molecule has 0 saturated carbocycles. The van der Waals surface area contributed by atoms with Gasteiger partial charge in [-0.15, -0.1) is 0 Å². The molecule has 2 aromatic heterocycles.